The van der Waals surface area contributed by atoms with Gasteiger partial charge in [0.25, 0.3) is 0 Å². The van der Waals surface area contributed by atoms with Crippen LogP contribution in [-0.4, -0.2) is 0 Å². The first-order valence-corrected chi connectivity index (χ1v) is 14.7. The molecule has 0 aromatic heterocycles. The van der Waals surface area contributed by atoms with Crippen molar-refractivity contribution in [2.45, 2.75) is 94.9 Å². The van der Waals surface area contributed by atoms with Gasteiger partial charge in [0.15, 0.2) is 0 Å². The van der Waals surface area contributed by atoms with Gasteiger partial charge in [-0.05, 0) is 94.9 Å². The molecule has 0 fully saturated rings. The van der Waals surface area contributed by atoms with Gasteiger partial charge in [-0.15, -0.1) is 0 Å². The molecule has 0 unspecified atom stereocenters. The standard InChI is InChI=1S/C40H56/c1-33(2)19-13-23-37(7)27-17-31-39(9)29-15-25-35(5)21-11-12-22-36(6)26-16-30-40(10)32-18-28-38(8)24-14-20-34(3)4/h11-12,15-22,25-32H,13-14,23-24H2,1-10H3/b12-11+,25-15+,26-16+,31-17?,32-18?,35-21+,36-22+,37-27?,38-28?,39-29?,40-30?. The highest BCUT2D eigenvalue weighted by Gasteiger charge is 1.88. The summed E-state index contributed by atoms with van der Waals surface area (Å²) in [5.74, 6) is 0. The van der Waals surface area contributed by atoms with E-state index in [9.17, 15) is 0 Å². The molecule has 0 bridgehead atoms. The third-order valence-corrected chi connectivity index (χ3v) is 5.93. The first-order chi connectivity index (χ1) is 19.0. The Hall–Kier alpha value is -3.38. The van der Waals surface area contributed by atoms with Crippen LogP contribution in [0.25, 0.3) is 0 Å². The van der Waals surface area contributed by atoms with Crippen LogP contribution in [0.5, 0.6) is 0 Å². The Labute approximate surface area is 248 Å². The quantitative estimate of drug-likeness (QED) is 0.136. The summed E-state index contributed by atoms with van der Waals surface area (Å²) in [6.07, 6.45) is 43.3. The Morgan fingerprint density at radius 2 is 0.625 bits per heavy atom. The van der Waals surface area contributed by atoms with Crippen LogP contribution in [0.2, 0.25) is 0 Å². The summed E-state index contributed by atoms with van der Waals surface area (Å²) in [5.41, 5.74) is 10.5. The predicted octanol–water partition coefficient (Wildman–Crippen LogP) is 12.9. The third-order valence-electron chi connectivity index (χ3n) is 5.93. The Bertz CT molecular complexity index is 1050. The average Bonchev–Trinajstić information content (AvgIpc) is 2.86. The van der Waals surface area contributed by atoms with Gasteiger partial charge in [0.2, 0.25) is 0 Å². The van der Waals surface area contributed by atoms with E-state index in [4.69, 9.17) is 0 Å². The van der Waals surface area contributed by atoms with E-state index in [2.05, 4.69) is 179 Å². The summed E-state index contributed by atoms with van der Waals surface area (Å²) >= 11 is 0. The van der Waals surface area contributed by atoms with Crippen LogP contribution in [0.4, 0.5) is 0 Å². The van der Waals surface area contributed by atoms with E-state index < -0.39 is 0 Å². The molecule has 0 aromatic rings. The molecule has 0 aliphatic heterocycles. The molecular formula is C40H56. The molecule has 0 rings (SSSR count). The van der Waals surface area contributed by atoms with Crippen molar-refractivity contribution in [1.82, 2.24) is 0 Å². The molecule has 0 heterocycles. The second-order valence-electron chi connectivity index (χ2n) is 11.1. The minimum absolute atomic E-state index is 1.12. The van der Waals surface area contributed by atoms with Crippen LogP contribution in [0.15, 0.2) is 154 Å². The van der Waals surface area contributed by atoms with Crippen LogP contribution in [0, 0.1) is 0 Å². The lowest BCUT2D eigenvalue weighted by Crippen LogP contribution is -1.76. The van der Waals surface area contributed by atoms with Crippen molar-refractivity contribution in [2.75, 3.05) is 0 Å². The summed E-state index contributed by atoms with van der Waals surface area (Å²) in [6, 6.07) is 0. The molecular weight excluding hydrogens is 480 g/mol. The maximum atomic E-state index is 2.30. The lowest BCUT2D eigenvalue weighted by atomic mass is 10.1. The van der Waals surface area contributed by atoms with E-state index in [1.54, 1.807) is 0 Å². The van der Waals surface area contributed by atoms with E-state index in [0.29, 0.717) is 0 Å². The minimum atomic E-state index is 1.12. The van der Waals surface area contributed by atoms with Crippen LogP contribution < -0.4 is 0 Å². The normalized spacial score (nSPS) is 15.1. The van der Waals surface area contributed by atoms with E-state index >= 15 is 0 Å². The minimum Gasteiger partial charge on any atom is -0.0856 e. The third kappa shape index (κ3) is 24.9. The zero-order valence-electron chi connectivity index (χ0n) is 27.2. The summed E-state index contributed by atoms with van der Waals surface area (Å²) in [5, 5.41) is 0. The van der Waals surface area contributed by atoms with Gasteiger partial charge in [-0.1, -0.05) is 154 Å². The van der Waals surface area contributed by atoms with Crippen molar-refractivity contribution in [1.29, 1.82) is 0 Å². The Kier molecular flexibility index (Phi) is 21.5. The van der Waals surface area contributed by atoms with E-state index in [0.717, 1.165) is 25.7 Å². The summed E-state index contributed by atoms with van der Waals surface area (Å²) in [7, 11) is 0. The van der Waals surface area contributed by atoms with Crippen LogP contribution in [0.1, 0.15) is 94.9 Å². The molecule has 0 amide bonds. The van der Waals surface area contributed by atoms with Crippen molar-refractivity contribution in [3.05, 3.63) is 154 Å². The van der Waals surface area contributed by atoms with Crippen molar-refractivity contribution in [3.8, 4) is 0 Å². The number of hydrogen-bond donors (Lipinski definition) is 0. The van der Waals surface area contributed by atoms with Gasteiger partial charge < -0.3 is 0 Å². The van der Waals surface area contributed by atoms with Crippen LogP contribution >= 0.6 is 0 Å². The van der Waals surface area contributed by atoms with Gasteiger partial charge in [0, 0.05) is 0 Å². The van der Waals surface area contributed by atoms with Gasteiger partial charge in [0.05, 0.1) is 0 Å². The largest absolute Gasteiger partial charge is 0.0856 e. The number of rotatable bonds is 16. The van der Waals surface area contributed by atoms with E-state index in [-0.39, 0.29) is 0 Å². The Morgan fingerprint density at radius 1 is 0.350 bits per heavy atom. The molecule has 0 heteroatoms. The molecule has 0 saturated carbocycles. The summed E-state index contributed by atoms with van der Waals surface area (Å²) in [4.78, 5) is 0. The number of hydrogen-bond acceptors (Lipinski definition) is 0. The van der Waals surface area contributed by atoms with Crippen molar-refractivity contribution in [2.24, 2.45) is 0 Å². The topological polar surface area (TPSA) is 0 Å². The SMILES string of the molecule is CC(C)=CCCC(C)=CC=CC(C)=C/C=C/C(C)=C/C=C/C=C(C)/C=C/C=C(C)C=CC=C(C)CCC=C(C)C. The highest BCUT2D eigenvalue weighted by molar-refractivity contribution is 5.32. The maximum Gasteiger partial charge on any atom is -0.0285 e. The molecule has 0 nitrogen and oxygen atoms in total. The molecule has 0 aliphatic rings. The first-order valence-electron chi connectivity index (χ1n) is 14.7. The van der Waals surface area contributed by atoms with Gasteiger partial charge in [-0.3, -0.25) is 0 Å². The van der Waals surface area contributed by atoms with Crippen molar-refractivity contribution >= 4 is 0 Å². The molecule has 0 aromatic carbocycles. The van der Waals surface area contributed by atoms with Gasteiger partial charge in [-0.25, -0.2) is 0 Å². The Balaban J connectivity index is 4.70. The van der Waals surface area contributed by atoms with Crippen molar-refractivity contribution in [3.63, 3.8) is 0 Å². The highest BCUT2D eigenvalue weighted by atomic mass is 13.9. The zero-order valence-corrected chi connectivity index (χ0v) is 27.2. The first kappa shape index (κ1) is 36.6. The molecule has 0 N–H and O–H groups in total. The van der Waals surface area contributed by atoms with Crippen LogP contribution in [-0.2, 0) is 0 Å². The fourth-order valence-corrected chi connectivity index (χ4v) is 3.41. The van der Waals surface area contributed by atoms with E-state index in [1.165, 1.54) is 44.6 Å². The fourth-order valence-electron chi connectivity index (χ4n) is 3.41. The lowest BCUT2D eigenvalue weighted by Gasteiger charge is -1.96. The molecule has 0 aliphatic carbocycles. The summed E-state index contributed by atoms with van der Waals surface area (Å²) in [6.45, 7) is 21.5. The second kappa shape index (κ2) is 23.5. The van der Waals surface area contributed by atoms with Gasteiger partial charge >= 0.3 is 0 Å². The van der Waals surface area contributed by atoms with Gasteiger partial charge in [0.1, 0.15) is 0 Å². The van der Waals surface area contributed by atoms with Crippen molar-refractivity contribution < 1.29 is 0 Å². The fraction of sp³-hybridized carbons (Fsp3) is 0.350. The zero-order chi connectivity index (χ0) is 30.2. The lowest BCUT2D eigenvalue weighted by molar-refractivity contribution is 0.967. The van der Waals surface area contributed by atoms with Crippen LogP contribution in [0.3, 0.4) is 0 Å². The molecule has 0 radical (unpaired) electrons. The molecule has 0 atom stereocenters. The molecule has 40 heavy (non-hydrogen) atoms. The Morgan fingerprint density at radius 3 is 0.925 bits per heavy atom. The van der Waals surface area contributed by atoms with Gasteiger partial charge in [-0.2, -0.15) is 0 Å². The summed E-state index contributed by atoms with van der Waals surface area (Å²) < 4.78 is 0. The predicted molar refractivity (Wildman–Crippen MR) is 186 cm³/mol. The molecule has 0 saturated heterocycles. The second-order valence-corrected chi connectivity index (χ2v) is 11.1. The smallest absolute Gasteiger partial charge is 0.0285 e. The van der Waals surface area contributed by atoms with E-state index in [1.807, 2.05) is 0 Å². The maximum absolute atomic E-state index is 2.30. The average molecular weight is 537 g/mol. The molecule has 216 valence electrons. The highest BCUT2D eigenvalue weighted by Crippen LogP contribution is 2.09. The monoisotopic (exact) mass is 536 g/mol. The molecule has 0 spiro atoms. The number of allylic oxidation sites excluding steroid dienone is 26.